The van der Waals surface area contributed by atoms with Crippen LogP contribution in [-0.4, -0.2) is 32.4 Å². The second-order valence-electron chi connectivity index (χ2n) is 4.18. The van der Waals surface area contributed by atoms with Gasteiger partial charge in [0, 0.05) is 17.6 Å². The molecule has 1 fully saturated rings. The van der Waals surface area contributed by atoms with E-state index >= 15 is 0 Å². The third kappa shape index (κ3) is 2.54. The molecule has 1 saturated heterocycles. The minimum absolute atomic E-state index is 0.285. The zero-order chi connectivity index (χ0) is 12.5. The Hall–Kier alpha value is -0.430. The quantitative estimate of drug-likeness (QED) is 0.916. The normalized spacial score (nSPS) is 21.9. The van der Waals surface area contributed by atoms with Crippen molar-refractivity contribution in [1.29, 1.82) is 0 Å². The van der Waals surface area contributed by atoms with E-state index in [2.05, 4.69) is 15.9 Å². The van der Waals surface area contributed by atoms with Gasteiger partial charge in [0.25, 0.3) is 0 Å². The van der Waals surface area contributed by atoms with Crippen LogP contribution in [0.5, 0.6) is 0 Å². The lowest BCUT2D eigenvalue weighted by Gasteiger charge is -2.17. The van der Waals surface area contributed by atoms with Gasteiger partial charge >= 0.3 is 0 Å². The molecular formula is C11H15BrN2O2S. The Morgan fingerprint density at radius 2 is 2.12 bits per heavy atom. The monoisotopic (exact) mass is 318 g/mol. The summed E-state index contributed by atoms with van der Waals surface area (Å²) in [4.78, 5) is 0.331. The molecule has 1 heterocycles. The van der Waals surface area contributed by atoms with Gasteiger partial charge in [-0.15, -0.1) is 0 Å². The zero-order valence-electron chi connectivity index (χ0n) is 9.34. The number of sulfonamides is 1. The molecule has 1 aromatic rings. The fraction of sp³-hybridized carbons (Fsp3) is 0.455. The van der Waals surface area contributed by atoms with Crippen molar-refractivity contribution in [3.63, 3.8) is 0 Å². The van der Waals surface area contributed by atoms with E-state index in [1.807, 2.05) is 0 Å². The summed E-state index contributed by atoms with van der Waals surface area (Å²) in [5, 5.41) is 0. The van der Waals surface area contributed by atoms with Gasteiger partial charge in [0.05, 0.1) is 4.90 Å². The van der Waals surface area contributed by atoms with Gasteiger partial charge in [-0.05, 0) is 46.9 Å². The van der Waals surface area contributed by atoms with E-state index in [1.54, 1.807) is 24.3 Å². The molecule has 1 aromatic carbocycles. The molecule has 0 bridgehead atoms. The maximum Gasteiger partial charge on any atom is 0.244 e. The van der Waals surface area contributed by atoms with Crippen molar-refractivity contribution < 1.29 is 8.42 Å². The molecule has 2 rings (SSSR count). The Morgan fingerprint density at radius 1 is 1.41 bits per heavy atom. The van der Waals surface area contributed by atoms with Crippen LogP contribution < -0.4 is 5.73 Å². The summed E-state index contributed by atoms with van der Waals surface area (Å²) < 4.78 is 26.9. The van der Waals surface area contributed by atoms with Crippen LogP contribution in [0.1, 0.15) is 6.42 Å². The van der Waals surface area contributed by atoms with Crippen molar-refractivity contribution in [1.82, 2.24) is 4.31 Å². The molecule has 94 valence electrons. The van der Waals surface area contributed by atoms with Crippen molar-refractivity contribution >= 4 is 26.0 Å². The number of benzene rings is 1. The summed E-state index contributed by atoms with van der Waals surface area (Å²) in [6.45, 7) is 1.63. The minimum Gasteiger partial charge on any atom is -0.330 e. The third-order valence-corrected chi connectivity index (χ3v) is 5.91. The molecule has 0 aromatic heterocycles. The van der Waals surface area contributed by atoms with Gasteiger partial charge in [0.2, 0.25) is 10.0 Å². The van der Waals surface area contributed by atoms with Crippen LogP contribution in [0.2, 0.25) is 0 Å². The molecule has 6 heteroatoms. The van der Waals surface area contributed by atoms with Crippen LogP contribution in [0.4, 0.5) is 0 Å². The lowest BCUT2D eigenvalue weighted by Crippen LogP contribution is -2.30. The largest absolute Gasteiger partial charge is 0.330 e. The highest BCUT2D eigenvalue weighted by Crippen LogP contribution is 2.28. The summed E-state index contributed by atoms with van der Waals surface area (Å²) in [6.07, 6.45) is 0.847. The summed E-state index contributed by atoms with van der Waals surface area (Å²) in [6, 6.07) is 6.89. The van der Waals surface area contributed by atoms with Crippen molar-refractivity contribution in [2.24, 2.45) is 11.7 Å². The number of nitrogens with zero attached hydrogens (tertiary/aromatic N) is 1. The fourth-order valence-electron chi connectivity index (χ4n) is 2.00. The maximum absolute atomic E-state index is 12.4. The maximum atomic E-state index is 12.4. The van der Waals surface area contributed by atoms with Gasteiger partial charge in [-0.3, -0.25) is 0 Å². The molecule has 0 spiro atoms. The number of hydrogen-bond acceptors (Lipinski definition) is 3. The van der Waals surface area contributed by atoms with Gasteiger partial charge in [0.15, 0.2) is 0 Å². The summed E-state index contributed by atoms with van der Waals surface area (Å²) >= 11 is 3.28. The van der Waals surface area contributed by atoms with Gasteiger partial charge < -0.3 is 5.73 Å². The van der Waals surface area contributed by atoms with Gasteiger partial charge in [-0.25, -0.2) is 8.42 Å². The molecule has 0 saturated carbocycles. The highest BCUT2D eigenvalue weighted by atomic mass is 79.9. The molecular weight excluding hydrogens is 304 g/mol. The molecule has 0 amide bonds. The molecule has 0 unspecified atom stereocenters. The molecule has 17 heavy (non-hydrogen) atoms. The van der Waals surface area contributed by atoms with Crippen LogP contribution in [0.15, 0.2) is 33.6 Å². The number of hydrogen-bond donors (Lipinski definition) is 1. The molecule has 0 aliphatic carbocycles. The molecule has 4 nitrogen and oxygen atoms in total. The lowest BCUT2D eigenvalue weighted by atomic mass is 10.1. The predicted octanol–water partition coefficient (Wildman–Crippen LogP) is 1.42. The Bertz CT molecular complexity index is 504. The van der Waals surface area contributed by atoms with Crippen molar-refractivity contribution in [2.45, 2.75) is 11.3 Å². The zero-order valence-corrected chi connectivity index (χ0v) is 11.7. The van der Waals surface area contributed by atoms with E-state index in [9.17, 15) is 8.42 Å². The van der Waals surface area contributed by atoms with E-state index in [-0.39, 0.29) is 5.92 Å². The molecule has 1 aliphatic heterocycles. The first-order valence-corrected chi connectivity index (χ1v) is 7.73. The van der Waals surface area contributed by atoms with E-state index < -0.39 is 10.0 Å². The van der Waals surface area contributed by atoms with Gasteiger partial charge in [0.1, 0.15) is 0 Å². The first-order chi connectivity index (χ1) is 8.05. The first-order valence-electron chi connectivity index (χ1n) is 5.50. The predicted molar refractivity (Wildman–Crippen MR) is 70.1 cm³/mol. The van der Waals surface area contributed by atoms with Crippen molar-refractivity contribution in [3.05, 3.63) is 28.7 Å². The highest BCUT2D eigenvalue weighted by Gasteiger charge is 2.32. The van der Waals surface area contributed by atoms with Crippen LogP contribution in [-0.2, 0) is 10.0 Å². The van der Waals surface area contributed by atoms with Crippen LogP contribution in [0.25, 0.3) is 0 Å². The third-order valence-electron chi connectivity index (χ3n) is 3.04. The average molecular weight is 319 g/mol. The highest BCUT2D eigenvalue weighted by molar-refractivity contribution is 9.10. The standard InChI is InChI=1S/C11H15BrN2O2S/c12-10-3-1-2-4-11(10)17(15,16)14-6-5-9(7-13)8-14/h1-4,9H,5-8,13H2/t9-/m0/s1. The van der Waals surface area contributed by atoms with Crippen LogP contribution in [0.3, 0.4) is 0 Å². The Balaban J connectivity index is 2.29. The van der Waals surface area contributed by atoms with E-state index in [1.165, 1.54) is 4.31 Å². The van der Waals surface area contributed by atoms with Crippen LogP contribution in [0, 0.1) is 5.92 Å². The summed E-state index contributed by atoms with van der Waals surface area (Å²) in [5.41, 5.74) is 5.58. The second-order valence-corrected chi connectivity index (χ2v) is 6.94. The summed E-state index contributed by atoms with van der Waals surface area (Å²) in [7, 11) is -3.38. The van der Waals surface area contributed by atoms with E-state index in [4.69, 9.17) is 5.73 Å². The minimum atomic E-state index is -3.38. The first kappa shape index (κ1) is 13.0. The smallest absolute Gasteiger partial charge is 0.244 e. The van der Waals surface area contributed by atoms with Gasteiger partial charge in [-0.2, -0.15) is 4.31 Å². The Morgan fingerprint density at radius 3 is 2.71 bits per heavy atom. The van der Waals surface area contributed by atoms with E-state index in [0.29, 0.717) is 29.0 Å². The van der Waals surface area contributed by atoms with Crippen LogP contribution >= 0.6 is 15.9 Å². The Labute approximate surface area is 110 Å². The second kappa shape index (κ2) is 5.06. The Kier molecular flexibility index (Phi) is 3.87. The number of nitrogens with two attached hydrogens (primary N) is 1. The fourth-order valence-corrected chi connectivity index (χ4v) is 4.50. The van der Waals surface area contributed by atoms with E-state index in [0.717, 1.165) is 6.42 Å². The van der Waals surface area contributed by atoms with Crippen molar-refractivity contribution in [3.8, 4) is 0 Å². The molecule has 0 radical (unpaired) electrons. The molecule has 1 aliphatic rings. The summed E-state index contributed by atoms with van der Waals surface area (Å²) in [5.74, 6) is 0.285. The number of halogens is 1. The SMILES string of the molecule is NC[C@@H]1CCN(S(=O)(=O)c2ccccc2Br)C1. The average Bonchev–Trinajstić information content (AvgIpc) is 2.78. The van der Waals surface area contributed by atoms with Gasteiger partial charge in [-0.1, -0.05) is 12.1 Å². The number of rotatable bonds is 3. The molecule has 2 N–H and O–H groups in total. The topological polar surface area (TPSA) is 63.4 Å². The molecule has 1 atom stereocenters. The van der Waals surface area contributed by atoms with Crippen molar-refractivity contribution in [2.75, 3.05) is 19.6 Å². The lowest BCUT2D eigenvalue weighted by molar-refractivity contribution is 0.459.